The normalized spacial score (nSPS) is 18.1. The van der Waals surface area contributed by atoms with Crippen LogP contribution in [0.4, 0.5) is 0 Å². The minimum Gasteiger partial charge on any atom is -0.304 e. The van der Waals surface area contributed by atoms with Crippen molar-refractivity contribution in [3.05, 3.63) is 29.6 Å². The van der Waals surface area contributed by atoms with E-state index in [-0.39, 0.29) is 5.54 Å². The van der Waals surface area contributed by atoms with Crippen LogP contribution < -0.4 is 5.32 Å². The van der Waals surface area contributed by atoms with E-state index in [1.54, 1.807) is 0 Å². The van der Waals surface area contributed by atoms with E-state index in [1.165, 1.54) is 12.8 Å². The van der Waals surface area contributed by atoms with Gasteiger partial charge in [0.05, 0.1) is 5.69 Å². The number of rotatable bonds is 4. The summed E-state index contributed by atoms with van der Waals surface area (Å²) in [5.41, 5.74) is 2.38. The zero-order chi connectivity index (χ0) is 10.0. The second-order valence-electron chi connectivity index (χ2n) is 4.04. The summed E-state index contributed by atoms with van der Waals surface area (Å²) in [5.74, 6) is 0.707. The van der Waals surface area contributed by atoms with Crippen molar-refractivity contribution in [2.45, 2.75) is 31.8 Å². The molecule has 76 valence electrons. The van der Waals surface area contributed by atoms with E-state index in [4.69, 9.17) is 11.6 Å². The lowest BCUT2D eigenvalue weighted by Crippen LogP contribution is -2.32. The van der Waals surface area contributed by atoms with Crippen LogP contribution in [-0.4, -0.2) is 16.4 Å². The van der Waals surface area contributed by atoms with Crippen molar-refractivity contribution >= 4 is 11.6 Å². The molecule has 0 atom stereocenters. The van der Waals surface area contributed by atoms with Gasteiger partial charge in [0.25, 0.3) is 0 Å². The molecule has 3 heteroatoms. The molecular weight excluding hydrogens is 196 g/mol. The van der Waals surface area contributed by atoms with Gasteiger partial charge < -0.3 is 5.32 Å². The van der Waals surface area contributed by atoms with Gasteiger partial charge in [-0.15, -0.1) is 11.6 Å². The molecule has 1 saturated carbocycles. The van der Waals surface area contributed by atoms with Gasteiger partial charge in [-0.25, -0.2) is 0 Å². The van der Waals surface area contributed by atoms with Crippen LogP contribution in [-0.2, 0) is 6.54 Å². The first-order valence-corrected chi connectivity index (χ1v) is 5.51. The van der Waals surface area contributed by atoms with Crippen molar-refractivity contribution in [1.29, 1.82) is 0 Å². The Morgan fingerprint density at radius 3 is 2.86 bits per heavy atom. The molecule has 14 heavy (non-hydrogen) atoms. The molecule has 1 fully saturated rings. The minimum absolute atomic E-state index is 0.215. The first-order valence-electron chi connectivity index (χ1n) is 4.98. The van der Waals surface area contributed by atoms with Crippen LogP contribution >= 0.6 is 11.6 Å². The van der Waals surface area contributed by atoms with Crippen LogP contribution in [0.3, 0.4) is 0 Å². The zero-order valence-corrected chi connectivity index (χ0v) is 9.14. The zero-order valence-electron chi connectivity index (χ0n) is 8.39. The van der Waals surface area contributed by atoms with Gasteiger partial charge in [0.2, 0.25) is 0 Å². The van der Waals surface area contributed by atoms with E-state index in [1.807, 2.05) is 25.1 Å². The summed E-state index contributed by atoms with van der Waals surface area (Å²) >= 11 is 5.87. The highest BCUT2D eigenvalue weighted by Crippen LogP contribution is 2.36. The van der Waals surface area contributed by atoms with Crippen LogP contribution in [0.15, 0.2) is 18.2 Å². The van der Waals surface area contributed by atoms with E-state index in [0.29, 0.717) is 5.88 Å². The molecule has 0 aliphatic heterocycles. The average molecular weight is 211 g/mol. The number of hydrogen-bond acceptors (Lipinski definition) is 2. The van der Waals surface area contributed by atoms with Crippen LogP contribution in [0.2, 0.25) is 0 Å². The van der Waals surface area contributed by atoms with Crippen molar-refractivity contribution in [2.24, 2.45) is 0 Å². The van der Waals surface area contributed by atoms with Gasteiger partial charge in [0, 0.05) is 23.7 Å². The summed E-state index contributed by atoms with van der Waals surface area (Å²) < 4.78 is 0. The highest BCUT2D eigenvalue weighted by atomic mass is 35.5. The lowest BCUT2D eigenvalue weighted by molar-refractivity contribution is 0.536. The van der Waals surface area contributed by atoms with Gasteiger partial charge in [0.1, 0.15) is 0 Å². The van der Waals surface area contributed by atoms with Crippen molar-refractivity contribution in [3.63, 3.8) is 0 Å². The molecule has 0 aromatic carbocycles. The smallest absolute Gasteiger partial charge is 0.0545 e. The molecular formula is C11H15ClN2. The standard InChI is InChI=1S/C11H15ClN2/c1-9-3-2-4-10(14-9)7-13-11(8-12)5-6-11/h2-4,13H,5-8H2,1H3. The average Bonchev–Trinajstić information content (AvgIpc) is 2.96. The molecule has 2 nitrogen and oxygen atoms in total. The van der Waals surface area contributed by atoms with Crippen LogP contribution in [0.25, 0.3) is 0 Å². The second-order valence-corrected chi connectivity index (χ2v) is 4.31. The number of halogens is 1. The molecule has 2 rings (SSSR count). The third-order valence-electron chi connectivity index (χ3n) is 2.70. The summed E-state index contributed by atoms with van der Waals surface area (Å²) in [5, 5.41) is 3.47. The minimum atomic E-state index is 0.215. The first-order chi connectivity index (χ1) is 6.74. The summed E-state index contributed by atoms with van der Waals surface area (Å²) in [7, 11) is 0. The van der Waals surface area contributed by atoms with Crippen LogP contribution in [0.1, 0.15) is 24.2 Å². The summed E-state index contributed by atoms with van der Waals surface area (Å²) in [6.45, 7) is 2.84. The van der Waals surface area contributed by atoms with Gasteiger partial charge in [-0.05, 0) is 31.9 Å². The predicted octanol–water partition coefficient (Wildman–Crippen LogP) is 2.25. The highest BCUT2D eigenvalue weighted by molar-refractivity contribution is 6.18. The number of hydrogen-bond donors (Lipinski definition) is 1. The molecule has 0 amide bonds. The third-order valence-corrected chi connectivity index (χ3v) is 3.21. The van der Waals surface area contributed by atoms with Gasteiger partial charge >= 0.3 is 0 Å². The molecule has 1 aliphatic rings. The Bertz CT molecular complexity index is 321. The second kappa shape index (κ2) is 3.87. The van der Waals surface area contributed by atoms with Crippen molar-refractivity contribution in [1.82, 2.24) is 10.3 Å². The van der Waals surface area contributed by atoms with Gasteiger partial charge in [-0.2, -0.15) is 0 Å². The van der Waals surface area contributed by atoms with E-state index >= 15 is 0 Å². The predicted molar refractivity (Wildman–Crippen MR) is 58.5 cm³/mol. The van der Waals surface area contributed by atoms with E-state index in [2.05, 4.69) is 10.3 Å². The Morgan fingerprint density at radius 1 is 1.50 bits per heavy atom. The maximum absolute atomic E-state index is 5.87. The fourth-order valence-electron chi connectivity index (χ4n) is 1.48. The number of aryl methyl sites for hydroxylation is 1. The quantitative estimate of drug-likeness (QED) is 0.772. The summed E-state index contributed by atoms with van der Waals surface area (Å²) in [6.07, 6.45) is 2.39. The number of alkyl halides is 1. The number of aromatic nitrogens is 1. The fourth-order valence-corrected chi connectivity index (χ4v) is 1.85. The molecule has 1 heterocycles. The van der Waals surface area contributed by atoms with E-state index < -0.39 is 0 Å². The molecule has 0 spiro atoms. The topological polar surface area (TPSA) is 24.9 Å². The largest absolute Gasteiger partial charge is 0.304 e. The maximum atomic E-state index is 5.87. The van der Waals surface area contributed by atoms with Crippen molar-refractivity contribution < 1.29 is 0 Å². The van der Waals surface area contributed by atoms with Crippen molar-refractivity contribution in [3.8, 4) is 0 Å². The number of pyridine rings is 1. The SMILES string of the molecule is Cc1cccc(CNC2(CCl)CC2)n1. The van der Waals surface area contributed by atoms with Crippen LogP contribution in [0, 0.1) is 6.92 Å². The van der Waals surface area contributed by atoms with E-state index in [9.17, 15) is 0 Å². The van der Waals surface area contributed by atoms with Gasteiger partial charge in [-0.1, -0.05) is 6.07 Å². The Morgan fingerprint density at radius 2 is 2.29 bits per heavy atom. The lowest BCUT2D eigenvalue weighted by Gasteiger charge is -2.13. The molecule has 1 N–H and O–H groups in total. The summed E-state index contributed by atoms with van der Waals surface area (Å²) in [6, 6.07) is 6.10. The third kappa shape index (κ3) is 2.25. The van der Waals surface area contributed by atoms with Gasteiger partial charge in [-0.3, -0.25) is 4.98 Å². The molecule has 0 unspecified atom stereocenters. The number of nitrogens with one attached hydrogen (secondary N) is 1. The molecule has 0 bridgehead atoms. The van der Waals surface area contributed by atoms with Crippen molar-refractivity contribution in [2.75, 3.05) is 5.88 Å². The number of nitrogens with zero attached hydrogens (tertiary/aromatic N) is 1. The highest BCUT2D eigenvalue weighted by Gasteiger charge is 2.41. The lowest BCUT2D eigenvalue weighted by atomic mass is 10.2. The fraction of sp³-hybridized carbons (Fsp3) is 0.545. The maximum Gasteiger partial charge on any atom is 0.0545 e. The Balaban J connectivity index is 1.92. The molecule has 0 saturated heterocycles. The summed E-state index contributed by atoms with van der Waals surface area (Å²) in [4.78, 5) is 4.43. The first kappa shape index (κ1) is 9.94. The van der Waals surface area contributed by atoms with Gasteiger partial charge in [0.15, 0.2) is 0 Å². The molecule has 1 aliphatic carbocycles. The molecule has 1 aromatic heterocycles. The Kier molecular flexibility index (Phi) is 2.75. The Hall–Kier alpha value is -0.600. The van der Waals surface area contributed by atoms with Crippen LogP contribution in [0.5, 0.6) is 0 Å². The molecule has 0 radical (unpaired) electrons. The van der Waals surface area contributed by atoms with E-state index in [0.717, 1.165) is 17.9 Å². The monoisotopic (exact) mass is 210 g/mol. The Labute approximate surface area is 89.7 Å². The molecule has 1 aromatic rings.